The average molecular weight is 252 g/mol. The van der Waals surface area contributed by atoms with Gasteiger partial charge in [-0.3, -0.25) is 0 Å². The minimum absolute atomic E-state index is 0.122. The van der Waals surface area contributed by atoms with Crippen LogP contribution in [-0.4, -0.2) is 30.8 Å². The fraction of sp³-hybridized carbons (Fsp3) is 0.462. The van der Waals surface area contributed by atoms with E-state index in [9.17, 15) is 4.79 Å². The predicted octanol–water partition coefficient (Wildman–Crippen LogP) is 2.05. The molecule has 1 aromatic rings. The largest absolute Gasteiger partial charge is 0.478 e. The molecule has 0 saturated carbocycles. The quantitative estimate of drug-likeness (QED) is 0.511. The Hall–Kier alpha value is -1.75. The molecule has 1 rings (SSSR count). The van der Waals surface area contributed by atoms with Gasteiger partial charge in [0, 0.05) is 24.5 Å². The number of benzene rings is 1. The zero-order valence-corrected chi connectivity index (χ0v) is 10.8. The molecule has 0 aliphatic rings. The monoisotopic (exact) mass is 252 g/mol. The van der Waals surface area contributed by atoms with Crippen LogP contribution >= 0.6 is 0 Å². The number of nitrogen functional groups attached to an aromatic ring is 1. The van der Waals surface area contributed by atoms with Crippen molar-refractivity contribution in [1.29, 1.82) is 0 Å². The summed E-state index contributed by atoms with van der Waals surface area (Å²) in [5, 5.41) is 12.0. The van der Waals surface area contributed by atoms with Gasteiger partial charge >= 0.3 is 5.97 Å². The molecular weight excluding hydrogens is 232 g/mol. The summed E-state index contributed by atoms with van der Waals surface area (Å²) in [6.45, 7) is 6.20. The van der Waals surface area contributed by atoms with Gasteiger partial charge in [0.1, 0.15) is 0 Å². The van der Waals surface area contributed by atoms with Crippen molar-refractivity contribution < 1.29 is 14.6 Å². The number of carboxylic acid groups (broad SMARTS) is 1. The molecule has 0 aliphatic carbocycles. The molecule has 0 atom stereocenters. The van der Waals surface area contributed by atoms with Crippen molar-refractivity contribution in [2.45, 2.75) is 13.8 Å². The lowest BCUT2D eigenvalue weighted by Crippen LogP contribution is -2.12. The summed E-state index contributed by atoms with van der Waals surface area (Å²) >= 11 is 0. The summed E-state index contributed by atoms with van der Waals surface area (Å²) < 4.78 is 5.42. The second kappa shape index (κ2) is 6.86. The van der Waals surface area contributed by atoms with Crippen LogP contribution in [-0.2, 0) is 4.74 Å². The van der Waals surface area contributed by atoms with E-state index >= 15 is 0 Å². The van der Waals surface area contributed by atoms with Crippen LogP contribution in [0.3, 0.4) is 0 Å². The van der Waals surface area contributed by atoms with E-state index in [4.69, 9.17) is 15.6 Å². The number of hydrogen-bond acceptors (Lipinski definition) is 4. The van der Waals surface area contributed by atoms with Crippen LogP contribution in [0.15, 0.2) is 18.2 Å². The normalized spacial score (nSPS) is 10.6. The Balaban J connectivity index is 2.39. The van der Waals surface area contributed by atoms with E-state index in [2.05, 4.69) is 19.2 Å². The highest BCUT2D eigenvalue weighted by Gasteiger charge is 2.07. The van der Waals surface area contributed by atoms with Gasteiger partial charge in [-0.05, 0) is 24.1 Å². The van der Waals surface area contributed by atoms with Crippen LogP contribution < -0.4 is 11.1 Å². The summed E-state index contributed by atoms with van der Waals surface area (Å²) in [5.74, 6) is -0.491. The first kappa shape index (κ1) is 14.3. The molecule has 0 saturated heterocycles. The maximum Gasteiger partial charge on any atom is 0.337 e. The van der Waals surface area contributed by atoms with Crippen molar-refractivity contribution in [1.82, 2.24) is 0 Å². The highest BCUT2D eigenvalue weighted by atomic mass is 16.5. The topological polar surface area (TPSA) is 84.6 Å². The lowest BCUT2D eigenvalue weighted by atomic mass is 10.1. The first-order valence-electron chi connectivity index (χ1n) is 5.95. The fourth-order valence-corrected chi connectivity index (χ4v) is 1.45. The van der Waals surface area contributed by atoms with E-state index in [1.807, 2.05) is 0 Å². The standard InChI is InChI=1S/C13H20N2O3/c1-9(2)8-18-6-5-15-10-3-4-11(13(16)17)12(14)7-10/h3-4,7,9,15H,5-6,8,14H2,1-2H3,(H,16,17). The van der Waals surface area contributed by atoms with Gasteiger partial charge in [0.15, 0.2) is 0 Å². The van der Waals surface area contributed by atoms with Gasteiger partial charge in [-0.25, -0.2) is 4.79 Å². The molecule has 1 aromatic carbocycles. The zero-order valence-electron chi connectivity index (χ0n) is 10.8. The molecule has 5 heteroatoms. The molecule has 5 nitrogen and oxygen atoms in total. The molecule has 0 unspecified atom stereocenters. The maximum absolute atomic E-state index is 10.8. The first-order chi connectivity index (χ1) is 8.50. The predicted molar refractivity (Wildman–Crippen MR) is 72.0 cm³/mol. The van der Waals surface area contributed by atoms with Gasteiger partial charge in [0.05, 0.1) is 12.2 Å². The van der Waals surface area contributed by atoms with Crippen molar-refractivity contribution in [3.63, 3.8) is 0 Å². The Morgan fingerprint density at radius 2 is 2.22 bits per heavy atom. The minimum atomic E-state index is -1.01. The van der Waals surface area contributed by atoms with Crippen molar-refractivity contribution >= 4 is 17.3 Å². The van der Waals surface area contributed by atoms with Crippen LogP contribution in [0.1, 0.15) is 24.2 Å². The third-order valence-electron chi connectivity index (χ3n) is 2.31. The van der Waals surface area contributed by atoms with Crippen LogP contribution in [0, 0.1) is 5.92 Å². The van der Waals surface area contributed by atoms with Crippen molar-refractivity contribution in [2.75, 3.05) is 30.8 Å². The second-order valence-corrected chi connectivity index (χ2v) is 4.50. The van der Waals surface area contributed by atoms with Crippen molar-refractivity contribution in [3.8, 4) is 0 Å². The number of carboxylic acids is 1. The van der Waals surface area contributed by atoms with Gasteiger partial charge < -0.3 is 20.9 Å². The lowest BCUT2D eigenvalue weighted by molar-refractivity contribution is 0.0698. The van der Waals surface area contributed by atoms with Gasteiger partial charge in [-0.1, -0.05) is 13.8 Å². The third kappa shape index (κ3) is 4.63. The fourth-order valence-electron chi connectivity index (χ4n) is 1.45. The van der Waals surface area contributed by atoms with Gasteiger partial charge in [-0.2, -0.15) is 0 Å². The summed E-state index contributed by atoms with van der Waals surface area (Å²) in [6, 6.07) is 4.81. The number of nitrogens with two attached hydrogens (primary N) is 1. The van der Waals surface area contributed by atoms with E-state index in [0.29, 0.717) is 19.1 Å². The second-order valence-electron chi connectivity index (χ2n) is 4.50. The average Bonchev–Trinajstić information content (AvgIpc) is 2.27. The summed E-state index contributed by atoms with van der Waals surface area (Å²) in [4.78, 5) is 10.8. The van der Waals surface area contributed by atoms with Crippen molar-refractivity contribution in [3.05, 3.63) is 23.8 Å². The molecular formula is C13H20N2O3. The number of ether oxygens (including phenoxy) is 1. The molecule has 0 spiro atoms. The molecule has 0 fully saturated rings. The Morgan fingerprint density at radius 1 is 1.50 bits per heavy atom. The molecule has 18 heavy (non-hydrogen) atoms. The highest BCUT2D eigenvalue weighted by molar-refractivity contribution is 5.94. The van der Waals surface area contributed by atoms with Crippen LogP contribution in [0.5, 0.6) is 0 Å². The molecule has 100 valence electrons. The molecule has 0 heterocycles. The van der Waals surface area contributed by atoms with Crippen LogP contribution in [0.25, 0.3) is 0 Å². The number of carbonyl (C=O) groups is 1. The summed E-state index contributed by atoms with van der Waals surface area (Å²) in [5.41, 5.74) is 6.82. The Morgan fingerprint density at radius 3 is 2.78 bits per heavy atom. The SMILES string of the molecule is CC(C)COCCNc1ccc(C(=O)O)c(N)c1. The summed E-state index contributed by atoms with van der Waals surface area (Å²) in [6.07, 6.45) is 0. The van der Waals surface area contributed by atoms with Gasteiger partial charge in [0.25, 0.3) is 0 Å². The van der Waals surface area contributed by atoms with Crippen LogP contribution in [0.4, 0.5) is 11.4 Å². The van der Waals surface area contributed by atoms with E-state index in [-0.39, 0.29) is 11.3 Å². The minimum Gasteiger partial charge on any atom is -0.478 e. The van der Waals surface area contributed by atoms with Crippen LogP contribution in [0.2, 0.25) is 0 Å². The zero-order chi connectivity index (χ0) is 13.5. The molecule has 4 N–H and O–H groups in total. The number of hydrogen-bond donors (Lipinski definition) is 3. The lowest BCUT2D eigenvalue weighted by Gasteiger charge is -2.10. The van der Waals surface area contributed by atoms with Crippen molar-refractivity contribution in [2.24, 2.45) is 5.92 Å². The van der Waals surface area contributed by atoms with E-state index in [1.54, 1.807) is 12.1 Å². The third-order valence-corrected chi connectivity index (χ3v) is 2.31. The number of aromatic carboxylic acids is 1. The van der Waals surface area contributed by atoms with E-state index < -0.39 is 5.97 Å². The Bertz CT molecular complexity index is 405. The maximum atomic E-state index is 10.8. The first-order valence-corrected chi connectivity index (χ1v) is 5.95. The molecule has 0 radical (unpaired) electrons. The molecule has 0 aliphatic heterocycles. The number of anilines is 2. The number of rotatable bonds is 7. The van der Waals surface area contributed by atoms with Gasteiger partial charge in [0.2, 0.25) is 0 Å². The van der Waals surface area contributed by atoms with Gasteiger partial charge in [-0.15, -0.1) is 0 Å². The summed E-state index contributed by atoms with van der Waals surface area (Å²) in [7, 11) is 0. The van der Waals surface area contributed by atoms with E-state index in [1.165, 1.54) is 6.07 Å². The Labute approximate surface area is 107 Å². The Kier molecular flexibility index (Phi) is 5.45. The highest BCUT2D eigenvalue weighted by Crippen LogP contribution is 2.17. The number of nitrogens with one attached hydrogen (secondary N) is 1. The molecule has 0 amide bonds. The molecule has 0 aromatic heterocycles. The molecule has 0 bridgehead atoms. The smallest absolute Gasteiger partial charge is 0.337 e. The van der Waals surface area contributed by atoms with E-state index in [0.717, 1.165) is 12.3 Å².